The molecular weight excluding hydrogens is 238 g/mol. The van der Waals surface area contributed by atoms with E-state index in [-0.39, 0.29) is 6.42 Å². The molecule has 0 bridgehead atoms. The van der Waals surface area contributed by atoms with Crippen LogP contribution in [-0.2, 0) is 6.42 Å². The van der Waals surface area contributed by atoms with Crippen molar-refractivity contribution in [2.75, 3.05) is 0 Å². The molecule has 0 heterocycles. The fourth-order valence-corrected chi connectivity index (χ4v) is 1.60. The van der Waals surface area contributed by atoms with E-state index in [1.54, 1.807) is 0 Å². The predicted molar refractivity (Wildman–Crippen MR) is 53.1 cm³/mol. The smallest absolute Gasteiger partial charge is 0.211 e. The number of halogens is 3. The van der Waals surface area contributed by atoms with E-state index in [0.29, 0.717) is 6.42 Å². The second kappa shape index (κ2) is 5.32. The van der Waals surface area contributed by atoms with E-state index < -0.39 is 6.43 Å². The van der Waals surface area contributed by atoms with Gasteiger partial charge in [-0.25, -0.2) is 8.78 Å². The molecule has 0 saturated heterocycles. The molecule has 0 unspecified atom stereocenters. The fourth-order valence-electron chi connectivity index (χ4n) is 1.15. The molecule has 0 aliphatic carbocycles. The molecule has 0 aromatic heterocycles. The standard InChI is InChI=1S/C10H11BrF2/c11-9-5-1-3-8(7-9)4-2-6-10(12)13/h1,3,5,7,10H,2,4,6H2. The summed E-state index contributed by atoms with van der Waals surface area (Å²) in [5, 5.41) is 0. The maximum Gasteiger partial charge on any atom is 0.238 e. The van der Waals surface area contributed by atoms with Crippen molar-refractivity contribution in [3.8, 4) is 0 Å². The molecular formula is C10H11BrF2. The van der Waals surface area contributed by atoms with Gasteiger partial charge in [-0.15, -0.1) is 0 Å². The SMILES string of the molecule is FC(F)CCCc1cccc(Br)c1. The summed E-state index contributed by atoms with van der Waals surface area (Å²) in [5.41, 5.74) is 1.11. The molecule has 0 aliphatic heterocycles. The van der Waals surface area contributed by atoms with Crippen molar-refractivity contribution in [2.24, 2.45) is 0 Å². The Balaban J connectivity index is 2.37. The molecule has 0 saturated carbocycles. The number of aryl methyl sites for hydroxylation is 1. The monoisotopic (exact) mass is 248 g/mol. The number of hydrogen-bond acceptors (Lipinski definition) is 0. The number of benzene rings is 1. The van der Waals surface area contributed by atoms with Gasteiger partial charge in [0.15, 0.2) is 0 Å². The van der Waals surface area contributed by atoms with Crippen LogP contribution in [0.25, 0.3) is 0 Å². The van der Waals surface area contributed by atoms with Gasteiger partial charge in [-0.1, -0.05) is 28.1 Å². The van der Waals surface area contributed by atoms with Gasteiger partial charge in [0.25, 0.3) is 0 Å². The molecule has 0 radical (unpaired) electrons. The molecule has 1 aromatic carbocycles. The molecule has 1 aromatic rings. The first-order chi connectivity index (χ1) is 6.18. The van der Waals surface area contributed by atoms with Crippen molar-refractivity contribution in [1.29, 1.82) is 0 Å². The van der Waals surface area contributed by atoms with Crippen molar-refractivity contribution in [1.82, 2.24) is 0 Å². The molecule has 3 heteroatoms. The summed E-state index contributed by atoms with van der Waals surface area (Å²) in [6, 6.07) is 7.76. The van der Waals surface area contributed by atoms with Gasteiger partial charge in [-0.05, 0) is 30.5 Å². The molecule has 13 heavy (non-hydrogen) atoms. The second-order valence-corrected chi connectivity index (χ2v) is 3.83. The van der Waals surface area contributed by atoms with Gasteiger partial charge >= 0.3 is 0 Å². The highest BCUT2D eigenvalue weighted by Gasteiger charge is 2.01. The fraction of sp³-hybridized carbons (Fsp3) is 0.400. The van der Waals surface area contributed by atoms with E-state index >= 15 is 0 Å². The summed E-state index contributed by atoms with van der Waals surface area (Å²) in [5.74, 6) is 0. The van der Waals surface area contributed by atoms with Gasteiger partial charge in [0, 0.05) is 10.9 Å². The highest BCUT2D eigenvalue weighted by Crippen LogP contribution is 2.14. The Morgan fingerprint density at radius 3 is 2.69 bits per heavy atom. The number of hydrogen-bond donors (Lipinski definition) is 0. The summed E-state index contributed by atoms with van der Waals surface area (Å²) in [4.78, 5) is 0. The van der Waals surface area contributed by atoms with E-state index in [4.69, 9.17) is 0 Å². The highest BCUT2D eigenvalue weighted by atomic mass is 79.9. The molecule has 0 amide bonds. The van der Waals surface area contributed by atoms with Gasteiger partial charge in [0.2, 0.25) is 6.43 Å². The van der Waals surface area contributed by atoms with Crippen molar-refractivity contribution in [3.05, 3.63) is 34.3 Å². The Hall–Kier alpha value is -0.440. The summed E-state index contributed by atoms with van der Waals surface area (Å²) in [6.07, 6.45) is -0.906. The molecule has 0 aliphatic rings. The molecule has 0 spiro atoms. The van der Waals surface area contributed by atoms with Crippen LogP contribution in [0.1, 0.15) is 18.4 Å². The second-order valence-electron chi connectivity index (χ2n) is 2.91. The van der Waals surface area contributed by atoms with Gasteiger partial charge in [-0.3, -0.25) is 0 Å². The first kappa shape index (κ1) is 10.6. The molecule has 1 rings (SSSR count). The quantitative estimate of drug-likeness (QED) is 0.755. The van der Waals surface area contributed by atoms with Crippen LogP contribution in [0, 0.1) is 0 Å². The molecule has 0 fully saturated rings. The normalized spacial score (nSPS) is 10.8. The maximum absolute atomic E-state index is 11.8. The Morgan fingerprint density at radius 2 is 2.08 bits per heavy atom. The van der Waals surface area contributed by atoms with E-state index in [2.05, 4.69) is 15.9 Å². The largest absolute Gasteiger partial charge is 0.238 e. The van der Waals surface area contributed by atoms with Crippen molar-refractivity contribution >= 4 is 15.9 Å². The third-order valence-electron chi connectivity index (χ3n) is 1.78. The molecule has 0 nitrogen and oxygen atoms in total. The lowest BCUT2D eigenvalue weighted by Gasteiger charge is -2.01. The average Bonchev–Trinajstić information content (AvgIpc) is 2.03. The van der Waals surface area contributed by atoms with Gasteiger partial charge in [-0.2, -0.15) is 0 Å². The lowest BCUT2D eigenvalue weighted by atomic mass is 10.1. The highest BCUT2D eigenvalue weighted by molar-refractivity contribution is 9.10. The van der Waals surface area contributed by atoms with E-state index in [1.807, 2.05) is 24.3 Å². The number of rotatable bonds is 4. The number of alkyl halides is 2. The van der Waals surface area contributed by atoms with Crippen LogP contribution in [0.4, 0.5) is 8.78 Å². The first-order valence-electron chi connectivity index (χ1n) is 4.21. The summed E-state index contributed by atoms with van der Waals surface area (Å²) in [6.45, 7) is 0. The van der Waals surface area contributed by atoms with Crippen molar-refractivity contribution in [2.45, 2.75) is 25.7 Å². The molecule has 0 N–H and O–H groups in total. The van der Waals surface area contributed by atoms with Gasteiger partial charge < -0.3 is 0 Å². The zero-order chi connectivity index (χ0) is 9.68. The van der Waals surface area contributed by atoms with Crippen LogP contribution in [-0.4, -0.2) is 6.43 Å². The first-order valence-corrected chi connectivity index (χ1v) is 5.00. The lowest BCUT2D eigenvalue weighted by molar-refractivity contribution is 0.135. The van der Waals surface area contributed by atoms with Crippen LogP contribution in [0.3, 0.4) is 0 Å². The summed E-state index contributed by atoms with van der Waals surface area (Å²) in [7, 11) is 0. The third-order valence-corrected chi connectivity index (χ3v) is 2.27. The van der Waals surface area contributed by atoms with Crippen LogP contribution >= 0.6 is 15.9 Å². The summed E-state index contributed by atoms with van der Waals surface area (Å²) >= 11 is 3.33. The third kappa shape index (κ3) is 4.36. The van der Waals surface area contributed by atoms with E-state index in [9.17, 15) is 8.78 Å². The van der Waals surface area contributed by atoms with Crippen LogP contribution in [0.2, 0.25) is 0 Å². The van der Waals surface area contributed by atoms with Crippen molar-refractivity contribution < 1.29 is 8.78 Å². The molecule has 0 atom stereocenters. The maximum atomic E-state index is 11.8. The Morgan fingerprint density at radius 1 is 1.31 bits per heavy atom. The zero-order valence-corrected chi connectivity index (χ0v) is 8.73. The minimum absolute atomic E-state index is 0.00743. The van der Waals surface area contributed by atoms with Gasteiger partial charge in [0.1, 0.15) is 0 Å². The Kier molecular flexibility index (Phi) is 4.36. The van der Waals surface area contributed by atoms with E-state index in [1.165, 1.54) is 0 Å². The lowest BCUT2D eigenvalue weighted by Crippen LogP contribution is -1.92. The topological polar surface area (TPSA) is 0 Å². The van der Waals surface area contributed by atoms with Crippen molar-refractivity contribution in [3.63, 3.8) is 0 Å². The summed E-state index contributed by atoms with van der Waals surface area (Å²) < 4.78 is 24.6. The minimum atomic E-state index is -2.17. The van der Waals surface area contributed by atoms with Crippen LogP contribution in [0.15, 0.2) is 28.7 Å². The molecule has 72 valence electrons. The zero-order valence-electron chi connectivity index (χ0n) is 7.14. The predicted octanol–water partition coefficient (Wildman–Crippen LogP) is 4.04. The minimum Gasteiger partial charge on any atom is -0.211 e. The van der Waals surface area contributed by atoms with Gasteiger partial charge in [0.05, 0.1) is 0 Å². The van der Waals surface area contributed by atoms with Crippen LogP contribution in [0.5, 0.6) is 0 Å². The average molecular weight is 249 g/mol. The van der Waals surface area contributed by atoms with Crippen LogP contribution < -0.4 is 0 Å². The van der Waals surface area contributed by atoms with E-state index in [0.717, 1.165) is 16.5 Å². The Bertz CT molecular complexity index is 261. The Labute approximate surface area is 85.1 Å².